The summed E-state index contributed by atoms with van der Waals surface area (Å²) in [6.45, 7) is 5.82. The maximum absolute atomic E-state index is 12.9. The molecule has 2 heterocycles. The Morgan fingerprint density at radius 2 is 1.80 bits per heavy atom. The van der Waals surface area contributed by atoms with E-state index in [0.717, 1.165) is 42.0 Å². The van der Waals surface area contributed by atoms with Crippen molar-refractivity contribution in [3.05, 3.63) is 71.4 Å². The molecule has 4 heteroatoms. The van der Waals surface area contributed by atoms with Gasteiger partial charge in [-0.15, -0.1) is 0 Å². The largest absolute Gasteiger partial charge is 0.338 e. The van der Waals surface area contributed by atoms with Gasteiger partial charge in [0.15, 0.2) is 0 Å². The molecular formula is C21H21N3O. The highest BCUT2D eigenvalue weighted by molar-refractivity contribution is 6.00. The molecule has 1 saturated heterocycles. The molecule has 0 bridgehead atoms. The SMILES string of the molecule is Cc1ccc(-c2nn(-c3ccccc3)cc2C(=O)N2CCC2)c(C)c1. The summed E-state index contributed by atoms with van der Waals surface area (Å²) >= 11 is 0. The molecule has 0 spiro atoms. The number of hydrogen-bond acceptors (Lipinski definition) is 2. The number of aryl methyl sites for hydroxylation is 2. The lowest BCUT2D eigenvalue weighted by Crippen LogP contribution is -2.42. The minimum Gasteiger partial charge on any atom is -0.338 e. The number of carbonyl (C=O) groups excluding carboxylic acids is 1. The predicted molar refractivity (Wildman–Crippen MR) is 99.0 cm³/mol. The minimum atomic E-state index is 0.0726. The first kappa shape index (κ1) is 15.6. The second-order valence-electron chi connectivity index (χ2n) is 6.64. The third-order valence-corrected chi connectivity index (χ3v) is 4.75. The zero-order valence-electron chi connectivity index (χ0n) is 14.6. The van der Waals surface area contributed by atoms with Crippen LogP contribution >= 0.6 is 0 Å². The van der Waals surface area contributed by atoms with E-state index in [1.54, 1.807) is 0 Å². The van der Waals surface area contributed by atoms with E-state index in [4.69, 9.17) is 5.10 Å². The second-order valence-corrected chi connectivity index (χ2v) is 6.64. The van der Waals surface area contributed by atoms with Gasteiger partial charge in [-0.3, -0.25) is 4.79 Å². The number of carbonyl (C=O) groups is 1. The Bertz CT molecular complexity index is 924. The van der Waals surface area contributed by atoms with Crippen LogP contribution in [0.4, 0.5) is 0 Å². The third kappa shape index (κ3) is 2.84. The van der Waals surface area contributed by atoms with E-state index in [9.17, 15) is 4.79 Å². The van der Waals surface area contributed by atoms with Crippen LogP contribution in [0.1, 0.15) is 27.9 Å². The van der Waals surface area contributed by atoms with E-state index >= 15 is 0 Å². The summed E-state index contributed by atoms with van der Waals surface area (Å²) < 4.78 is 1.81. The summed E-state index contributed by atoms with van der Waals surface area (Å²) in [5.41, 5.74) is 5.75. The fourth-order valence-corrected chi connectivity index (χ4v) is 3.21. The minimum absolute atomic E-state index is 0.0726. The van der Waals surface area contributed by atoms with Gasteiger partial charge in [0, 0.05) is 24.8 Å². The molecule has 4 nitrogen and oxygen atoms in total. The van der Waals surface area contributed by atoms with Gasteiger partial charge in [0.05, 0.1) is 11.3 Å². The monoisotopic (exact) mass is 331 g/mol. The van der Waals surface area contributed by atoms with Gasteiger partial charge in [-0.2, -0.15) is 5.10 Å². The number of hydrogen-bond donors (Lipinski definition) is 0. The van der Waals surface area contributed by atoms with Crippen LogP contribution in [0.3, 0.4) is 0 Å². The van der Waals surface area contributed by atoms with Gasteiger partial charge >= 0.3 is 0 Å². The maximum atomic E-state index is 12.9. The molecule has 0 unspecified atom stereocenters. The van der Waals surface area contributed by atoms with Crippen LogP contribution in [0.15, 0.2) is 54.7 Å². The van der Waals surface area contributed by atoms with Crippen LogP contribution in [0.25, 0.3) is 16.9 Å². The zero-order chi connectivity index (χ0) is 17.4. The van der Waals surface area contributed by atoms with E-state index in [2.05, 4.69) is 32.0 Å². The molecule has 126 valence electrons. The highest BCUT2D eigenvalue weighted by Gasteiger charge is 2.27. The molecule has 1 aliphatic rings. The Hall–Kier alpha value is -2.88. The number of para-hydroxylation sites is 1. The highest BCUT2D eigenvalue weighted by atomic mass is 16.2. The van der Waals surface area contributed by atoms with E-state index in [0.29, 0.717) is 5.56 Å². The molecule has 1 aliphatic heterocycles. The summed E-state index contributed by atoms with van der Waals surface area (Å²) in [5.74, 6) is 0.0726. The van der Waals surface area contributed by atoms with Crippen molar-refractivity contribution in [2.75, 3.05) is 13.1 Å². The molecule has 2 aromatic carbocycles. The Morgan fingerprint density at radius 1 is 1.04 bits per heavy atom. The first-order valence-electron chi connectivity index (χ1n) is 8.65. The number of aromatic nitrogens is 2. The number of benzene rings is 2. The van der Waals surface area contributed by atoms with Crippen LogP contribution in [-0.4, -0.2) is 33.7 Å². The van der Waals surface area contributed by atoms with Gasteiger partial charge < -0.3 is 4.90 Å². The lowest BCUT2D eigenvalue weighted by molar-refractivity contribution is 0.0652. The smallest absolute Gasteiger partial charge is 0.257 e. The van der Waals surface area contributed by atoms with Gasteiger partial charge in [-0.25, -0.2) is 4.68 Å². The Labute approximate surface area is 147 Å². The van der Waals surface area contributed by atoms with Gasteiger partial charge in [0.2, 0.25) is 0 Å². The summed E-state index contributed by atoms with van der Waals surface area (Å²) in [5, 5.41) is 4.77. The van der Waals surface area contributed by atoms with Crippen LogP contribution < -0.4 is 0 Å². The number of amides is 1. The van der Waals surface area contributed by atoms with Crippen LogP contribution in [0, 0.1) is 13.8 Å². The molecule has 0 saturated carbocycles. The van der Waals surface area contributed by atoms with E-state index in [1.807, 2.05) is 46.1 Å². The van der Waals surface area contributed by atoms with Crippen molar-refractivity contribution in [2.24, 2.45) is 0 Å². The van der Waals surface area contributed by atoms with Crippen molar-refractivity contribution < 1.29 is 4.79 Å². The molecule has 1 amide bonds. The fourth-order valence-electron chi connectivity index (χ4n) is 3.21. The Kier molecular flexibility index (Phi) is 3.88. The number of nitrogens with zero attached hydrogens (tertiary/aromatic N) is 3. The van der Waals surface area contributed by atoms with Crippen molar-refractivity contribution in [2.45, 2.75) is 20.3 Å². The maximum Gasteiger partial charge on any atom is 0.257 e. The molecule has 25 heavy (non-hydrogen) atoms. The van der Waals surface area contributed by atoms with Crippen molar-refractivity contribution >= 4 is 5.91 Å². The van der Waals surface area contributed by atoms with E-state index in [1.165, 1.54) is 5.56 Å². The Morgan fingerprint density at radius 3 is 2.44 bits per heavy atom. The molecule has 3 aromatic rings. The summed E-state index contributed by atoms with van der Waals surface area (Å²) in [6.07, 6.45) is 2.95. The molecular weight excluding hydrogens is 310 g/mol. The van der Waals surface area contributed by atoms with Gasteiger partial charge in [0.25, 0.3) is 5.91 Å². The third-order valence-electron chi connectivity index (χ3n) is 4.75. The number of rotatable bonds is 3. The summed E-state index contributed by atoms with van der Waals surface area (Å²) in [4.78, 5) is 14.8. The standard InChI is InChI=1S/C21H21N3O/c1-15-9-10-18(16(2)13-15)20-19(21(25)23-11-6-12-23)14-24(22-20)17-7-4-3-5-8-17/h3-5,7-10,13-14H,6,11-12H2,1-2H3. The first-order chi connectivity index (χ1) is 12.1. The first-order valence-corrected chi connectivity index (χ1v) is 8.65. The predicted octanol–water partition coefficient (Wildman–Crippen LogP) is 4.00. The quantitative estimate of drug-likeness (QED) is 0.727. The van der Waals surface area contributed by atoms with Crippen molar-refractivity contribution in [1.29, 1.82) is 0 Å². The van der Waals surface area contributed by atoms with Crippen LogP contribution in [0.5, 0.6) is 0 Å². The number of likely N-dealkylation sites (tertiary alicyclic amines) is 1. The summed E-state index contributed by atoms with van der Waals surface area (Å²) in [7, 11) is 0. The van der Waals surface area contributed by atoms with Gasteiger partial charge in [-0.1, -0.05) is 42.0 Å². The Balaban J connectivity index is 1.85. The van der Waals surface area contributed by atoms with Crippen LogP contribution in [0.2, 0.25) is 0 Å². The lowest BCUT2D eigenvalue weighted by Gasteiger charge is -2.30. The molecule has 0 radical (unpaired) electrons. The second kappa shape index (κ2) is 6.20. The molecule has 0 aliphatic carbocycles. The summed E-state index contributed by atoms with van der Waals surface area (Å²) in [6, 6.07) is 16.2. The van der Waals surface area contributed by atoms with E-state index in [-0.39, 0.29) is 5.91 Å². The zero-order valence-corrected chi connectivity index (χ0v) is 14.6. The molecule has 4 rings (SSSR count). The lowest BCUT2D eigenvalue weighted by atomic mass is 10.00. The average Bonchev–Trinajstić information content (AvgIpc) is 2.99. The van der Waals surface area contributed by atoms with Crippen molar-refractivity contribution in [3.8, 4) is 16.9 Å². The van der Waals surface area contributed by atoms with E-state index < -0.39 is 0 Å². The average molecular weight is 331 g/mol. The van der Waals surface area contributed by atoms with Gasteiger partial charge in [-0.05, 0) is 38.0 Å². The molecule has 0 N–H and O–H groups in total. The highest BCUT2D eigenvalue weighted by Crippen LogP contribution is 2.29. The molecule has 1 aromatic heterocycles. The molecule has 0 atom stereocenters. The van der Waals surface area contributed by atoms with Gasteiger partial charge in [0.1, 0.15) is 5.69 Å². The fraction of sp³-hybridized carbons (Fsp3) is 0.238. The van der Waals surface area contributed by atoms with Crippen molar-refractivity contribution in [3.63, 3.8) is 0 Å². The van der Waals surface area contributed by atoms with Crippen LogP contribution in [-0.2, 0) is 0 Å². The molecule has 1 fully saturated rings. The normalized spacial score (nSPS) is 13.6. The van der Waals surface area contributed by atoms with Crippen molar-refractivity contribution in [1.82, 2.24) is 14.7 Å². The topological polar surface area (TPSA) is 38.1 Å².